The topological polar surface area (TPSA) is 58.2 Å². The zero-order valence-corrected chi connectivity index (χ0v) is 13.7. The van der Waals surface area contributed by atoms with E-state index in [1.807, 2.05) is 0 Å². The van der Waals surface area contributed by atoms with Crippen LogP contribution in [0, 0.1) is 0 Å². The van der Waals surface area contributed by atoms with Crippen LogP contribution in [0.5, 0.6) is 0 Å². The molecule has 0 bridgehead atoms. The van der Waals surface area contributed by atoms with Crippen molar-refractivity contribution in [2.45, 2.75) is 11.8 Å². The fourth-order valence-corrected chi connectivity index (χ4v) is 2.36. The summed E-state index contributed by atoms with van der Waals surface area (Å²) in [6.07, 6.45) is 0. The van der Waals surface area contributed by atoms with Gasteiger partial charge in [-0.1, -0.05) is 0 Å². The van der Waals surface area contributed by atoms with Crippen molar-refractivity contribution in [3.8, 4) is 0 Å². The first-order valence-electron chi connectivity index (χ1n) is 6.13. The lowest BCUT2D eigenvalue weighted by Gasteiger charge is -2.08. The van der Waals surface area contributed by atoms with Gasteiger partial charge in [-0.2, -0.15) is 0 Å². The monoisotopic (exact) mass is 364 g/mol. The molecule has 0 saturated carbocycles. The van der Waals surface area contributed by atoms with E-state index in [0.717, 1.165) is 0 Å². The molecule has 0 saturated heterocycles. The molecule has 21 heavy (non-hydrogen) atoms. The smallest absolute Gasteiger partial charge is 0.256 e. The Morgan fingerprint density at radius 1 is 1.00 bits per heavy atom. The Labute approximate surface area is 136 Å². The Morgan fingerprint density at radius 3 is 2.14 bits per heavy atom. The van der Waals surface area contributed by atoms with Crippen LogP contribution < -0.4 is 10.6 Å². The fourth-order valence-electron chi connectivity index (χ4n) is 1.73. The molecular formula is C15H13BrN2O2S. The molecule has 0 fully saturated rings. The highest BCUT2D eigenvalue weighted by Crippen LogP contribution is 2.22. The zero-order valence-electron chi connectivity index (χ0n) is 11.2. The molecule has 2 aromatic carbocycles. The van der Waals surface area contributed by atoms with E-state index >= 15 is 0 Å². The Bertz CT molecular complexity index is 687. The molecule has 0 aliphatic rings. The molecule has 0 heterocycles. The third-order valence-electron chi connectivity index (χ3n) is 2.66. The number of halogens is 1. The van der Waals surface area contributed by atoms with Crippen LogP contribution in [0.1, 0.15) is 17.3 Å². The summed E-state index contributed by atoms with van der Waals surface area (Å²) in [4.78, 5) is 23.9. The number of carbonyl (C=O) groups is 2. The Morgan fingerprint density at radius 2 is 1.57 bits per heavy atom. The predicted octanol–water partition coefficient (Wildman–Crippen LogP) is 3.95. The normalized spacial score (nSPS) is 10.0. The first kappa shape index (κ1) is 15.6. The van der Waals surface area contributed by atoms with Gasteiger partial charge in [-0.15, -0.1) is 12.6 Å². The number of benzene rings is 2. The highest BCUT2D eigenvalue weighted by Gasteiger charge is 2.10. The van der Waals surface area contributed by atoms with Crippen LogP contribution in [-0.4, -0.2) is 11.8 Å². The minimum atomic E-state index is -0.231. The summed E-state index contributed by atoms with van der Waals surface area (Å²) in [5, 5.41) is 5.46. The Hall–Kier alpha value is -1.79. The van der Waals surface area contributed by atoms with Crippen molar-refractivity contribution in [2.24, 2.45) is 0 Å². The molecule has 0 radical (unpaired) electrons. The lowest BCUT2D eigenvalue weighted by molar-refractivity contribution is -0.114. The highest BCUT2D eigenvalue weighted by molar-refractivity contribution is 9.10. The van der Waals surface area contributed by atoms with Crippen molar-refractivity contribution >= 4 is 51.7 Å². The maximum absolute atomic E-state index is 12.2. The standard InChI is InChI=1S/C15H13BrN2O2S/c1-9(19)17-10-2-4-11(5-3-10)18-15(20)13-8-12(21)6-7-14(13)16/h2-8,21H,1H3,(H,17,19)(H,18,20). The summed E-state index contributed by atoms with van der Waals surface area (Å²) < 4.78 is 0.702. The lowest BCUT2D eigenvalue weighted by atomic mass is 10.2. The van der Waals surface area contributed by atoms with Gasteiger partial charge in [0.1, 0.15) is 0 Å². The molecule has 0 aliphatic carbocycles. The first-order chi connectivity index (χ1) is 9.95. The molecule has 2 rings (SSSR count). The number of rotatable bonds is 3. The molecule has 108 valence electrons. The Balaban J connectivity index is 2.12. The van der Waals surface area contributed by atoms with Crippen LogP contribution in [0.15, 0.2) is 51.8 Å². The number of amides is 2. The molecule has 0 atom stereocenters. The van der Waals surface area contributed by atoms with Crippen molar-refractivity contribution in [3.63, 3.8) is 0 Å². The summed E-state index contributed by atoms with van der Waals surface area (Å²) in [7, 11) is 0. The largest absolute Gasteiger partial charge is 0.326 e. The zero-order chi connectivity index (χ0) is 15.4. The first-order valence-corrected chi connectivity index (χ1v) is 7.37. The number of hydrogen-bond acceptors (Lipinski definition) is 3. The second-order valence-corrected chi connectivity index (χ2v) is 5.75. The highest BCUT2D eigenvalue weighted by atomic mass is 79.9. The molecule has 0 aliphatic heterocycles. The molecule has 2 amide bonds. The molecule has 0 unspecified atom stereocenters. The molecule has 2 aromatic rings. The van der Waals surface area contributed by atoms with Gasteiger partial charge in [-0.25, -0.2) is 0 Å². The molecule has 6 heteroatoms. The fraction of sp³-hybridized carbons (Fsp3) is 0.0667. The summed E-state index contributed by atoms with van der Waals surface area (Å²) in [6.45, 7) is 1.44. The summed E-state index contributed by atoms with van der Waals surface area (Å²) >= 11 is 7.57. The quantitative estimate of drug-likeness (QED) is 0.722. The third kappa shape index (κ3) is 4.34. The second-order valence-electron chi connectivity index (χ2n) is 4.38. The Kier molecular flexibility index (Phi) is 5.03. The van der Waals surface area contributed by atoms with Gasteiger partial charge in [-0.3, -0.25) is 9.59 Å². The van der Waals surface area contributed by atoms with Crippen LogP contribution >= 0.6 is 28.6 Å². The average molecular weight is 365 g/mol. The third-order valence-corrected chi connectivity index (χ3v) is 3.63. The number of hydrogen-bond donors (Lipinski definition) is 3. The molecule has 0 spiro atoms. The maximum Gasteiger partial charge on any atom is 0.256 e. The predicted molar refractivity (Wildman–Crippen MR) is 90.1 cm³/mol. The van der Waals surface area contributed by atoms with E-state index in [-0.39, 0.29) is 11.8 Å². The van der Waals surface area contributed by atoms with E-state index in [1.54, 1.807) is 42.5 Å². The van der Waals surface area contributed by atoms with Crippen molar-refractivity contribution in [2.75, 3.05) is 10.6 Å². The van der Waals surface area contributed by atoms with Crippen molar-refractivity contribution in [3.05, 3.63) is 52.5 Å². The van der Waals surface area contributed by atoms with E-state index in [9.17, 15) is 9.59 Å². The van der Waals surface area contributed by atoms with E-state index < -0.39 is 0 Å². The number of thiol groups is 1. The van der Waals surface area contributed by atoms with Crippen LogP contribution in [0.2, 0.25) is 0 Å². The summed E-state index contributed by atoms with van der Waals surface area (Å²) in [5.74, 6) is -0.369. The van der Waals surface area contributed by atoms with Gasteiger partial charge in [0.2, 0.25) is 5.91 Å². The van der Waals surface area contributed by atoms with Gasteiger partial charge in [0, 0.05) is 27.7 Å². The molecular weight excluding hydrogens is 352 g/mol. The van der Waals surface area contributed by atoms with Crippen LogP contribution in [0.3, 0.4) is 0 Å². The molecule has 2 N–H and O–H groups in total. The van der Waals surface area contributed by atoms with Gasteiger partial charge in [0.15, 0.2) is 0 Å². The van der Waals surface area contributed by atoms with Crippen LogP contribution in [-0.2, 0) is 4.79 Å². The molecule has 4 nitrogen and oxygen atoms in total. The summed E-state index contributed by atoms with van der Waals surface area (Å²) in [6, 6.07) is 12.2. The number of carbonyl (C=O) groups excluding carboxylic acids is 2. The van der Waals surface area contributed by atoms with E-state index in [4.69, 9.17) is 0 Å². The second kappa shape index (κ2) is 6.78. The van der Waals surface area contributed by atoms with Crippen molar-refractivity contribution < 1.29 is 9.59 Å². The van der Waals surface area contributed by atoms with E-state index in [0.29, 0.717) is 26.3 Å². The number of nitrogens with one attached hydrogen (secondary N) is 2. The SMILES string of the molecule is CC(=O)Nc1ccc(NC(=O)c2cc(S)ccc2Br)cc1. The minimum absolute atomic E-state index is 0.138. The minimum Gasteiger partial charge on any atom is -0.326 e. The number of anilines is 2. The van der Waals surface area contributed by atoms with Gasteiger partial charge < -0.3 is 10.6 Å². The van der Waals surface area contributed by atoms with Crippen LogP contribution in [0.25, 0.3) is 0 Å². The van der Waals surface area contributed by atoms with Gasteiger partial charge in [-0.05, 0) is 58.4 Å². The molecule has 0 aromatic heterocycles. The summed E-state index contributed by atoms with van der Waals surface area (Å²) in [5.41, 5.74) is 1.83. The van der Waals surface area contributed by atoms with E-state index in [1.165, 1.54) is 6.92 Å². The lowest BCUT2D eigenvalue weighted by Crippen LogP contribution is -2.12. The van der Waals surface area contributed by atoms with Gasteiger partial charge >= 0.3 is 0 Å². The van der Waals surface area contributed by atoms with Crippen molar-refractivity contribution in [1.29, 1.82) is 0 Å². The average Bonchev–Trinajstić information content (AvgIpc) is 2.43. The van der Waals surface area contributed by atoms with E-state index in [2.05, 4.69) is 39.2 Å². The van der Waals surface area contributed by atoms with Gasteiger partial charge in [0.25, 0.3) is 5.91 Å². The van der Waals surface area contributed by atoms with Crippen LogP contribution in [0.4, 0.5) is 11.4 Å². The van der Waals surface area contributed by atoms with Crippen molar-refractivity contribution in [1.82, 2.24) is 0 Å². The maximum atomic E-state index is 12.2. The van der Waals surface area contributed by atoms with Gasteiger partial charge in [0.05, 0.1) is 5.56 Å².